The second-order valence-electron chi connectivity index (χ2n) is 4.69. The fourth-order valence-corrected chi connectivity index (χ4v) is 3.95. The van der Waals surface area contributed by atoms with Crippen LogP contribution < -0.4 is 5.32 Å². The Hall–Kier alpha value is -1.63. The van der Waals surface area contributed by atoms with Gasteiger partial charge in [-0.25, -0.2) is 4.98 Å². The van der Waals surface area contributed by atoms with E-state index in [9.17, 15) is 4.79 Å². The molecule has 1 N–H and O–H groups in total. The second-order valence-corrected chi connectivity index (χ2v) is 7.66. The number of carbonyl (C=O) groups excluding carboxylic acids is 1. The average Bonchev–Trinajstić information content (AvgIpc) is 2.98. The van der Waals surface area contributed by atoms with Crippen LogP contribution in [0.1, 0.15) is 10.4 Å². The Morgan fingerprint density at radius 2 is 1.96 bits per heavy atom. The van der Waals surface area contributed by atoms with Crippen molar-refractivity contribution in [3.63, 3.8) is 0 Å². The minimum absolute atomic E-state index is 0.139. The van der Waals surface area contributed by atoms with E-state index in [4.69, 9.17) is 0 Å². The van der Waals surface area contributed by atoms with Gasteiger partial charge in [0, 0.05) is 15.6 Å². The van der Waals surface area contributed by atoms with Gasteiger partial charge in [0.1, 0.15) is 10.7 Å². The minimum Gasteiger partial charge on any atom is -0.312 e. The summed E-state index contributed by atoms with van der Waals surface area (Å²) in [6.45, 7) is 0. The van der Waals surface area contributed by atoms with Crippen molar-refractivity contribution in [1.82, 2.24) is 4.98 Å². The third kappa shape index (κ3) is 3.83. The summed E-state index contributed by atoms with van der Waals surface area (Å²) in [7, 11) is 0. The molecule has 1 amide bonds. The van der Waals surface area contributed by atoms with Crippen LogP contribution in [-0.4, -0.2) is 17.1 Å². The van der Waals surface area contributed by atoms with Crippen molar-refractivity contribution in [1.29, 1.82) is 0 Å². The maximum absolute atomic E-state index is 12.5. The van der Waals surface area contributed by atoms with Gasteiger partial charge >= 0.3 is 0 Å². The van der Waals surface area contributed by atoms with Crippen LogP contribution in [0.5, 0.6) is 0 Å². The number of thioether (sulfide) groups is 1. The van der Waals surface area contributed by atoms with Crippen LogP contribution in [0.15, 0.2) is 63.4 Å². The summed E-state index contributed by atoms with van der Waals surface area (Å²) >= 11 is 6.45. The van der Waals surface area contributed by atoms with Gasteiger partial charge in [-0.2, -0.15) is 0 Å². The SMILES string of the molecule is CSc1nc(-c2ccccc2)c(NC(=O)c2cccc(Br)c2)s1. The Kier molecular flexibility index (Phi) is 5.15. The second kappa shape index (κ2) is 7.29. The van der Waals surface area contributed by atoms with Crippen molar-refractivity contribution in [2.75, 3.05) is 11.6 Å². The number of carbonyl (C=O) groups is 1. The van der Waals surface area contributed by atoms with Crippen LogP contribution in [0.2, 0.25) is 0 Å². The molecule has 3 aromatic rings. The molecule has 0 saturated carbocycles. The van der Waals surface area contributed by atoms with Crippen molar-refractivity contribution >= 4 is 49.9 Å². The van der Waals surface area contributed by atoms with Crippen molar-refractivity contribution in [2.45, 2.75) is 4.34 Å². The Morgan fingerprint density at radius 3 is 2.65 bits per heavy atom. The van der Waals surface area contributed by atoms with Gasteiger partial charge < -0.3 is 5.32 Å². The van der Waals surface area contributed by atoms with Crippen molar-refractivity contribution in [3.8, 4) is 11.3 Å². The molecule has 3 nitrogen and oxygen atoms in total. The van der Waals surface area contributed by atoms with Gasteiger partial charge in [-0.1, -0.05) is 75.4 Å². The molecule has 0 bridgehead atoms. The van der Waals surface area contributed by atoms with E-state index in [1.165, 1.54) is 11.3 Å². The maximum atomic E-state index is 12.5. The predicted octanol–water partition coefficient (Wildman–Crippen LogP) is 5.55. The maximum Gasteiger partial charge on any atom is 0.256 e. The summed E-state index contributed by atoms with van der Waals surface area (Å²) in [6, 6.07) is 17.2. The van der Waals surface area contributed by atoms with Crippen molar-refractivity contribution < 1.29 is 4.79 Å². The first-order valence-electron chi connectivity index (χ1n) is 6.84. The number of thiazole rings is 1. The molecule has 0 aliphatic rings. The van der Waals surface area contributed by atoms with E-state index in [2.05, 4.69) is 26.2 Å². The van der Waals surface area contributed by atoms with Gasteiger partial charge in [-0.05, 0) is 24.5 Å². The molecular formula is C17H13BrN2OS2. The van der Waals surface area contributed by atoms with E-state index >= 15 is 0 Å². The Balaban J connectivity index is 1.93. The molecule has 0 unspecified atom stereocenters. The van der Waals surface area contributed by atoms with E-state index in [0.717, 1.165) is 25.1 Å². The molecule has 0 atom stereocenters. The van der Waals surface area contributed by atoms with Crippen molar-refractivity contribution in [3.05, 3.63) is 64.6 Å². The smallest absolute Gasteiger partial charge is 0.256 e. The van der Waals surface area contributed by atoms with Gasteiger partial charge in [0.15, 0.2) is 4.34 Å². The molecular weight excluding hydrogens is 392 g/mol. The molecule has 0 aliphatic heterocycles. The van der Waals surface area contributed by atoms with E-state index in [1.54, 1.807) is 23.9 Å². The molecule has 3 rings (SSSR count). The number of aromatic nitrogens is 1. The molecule has 1 aromatic heterocycles. The highest BCUT2D eigenvalue weighted by Crippen LogP contribution is 2.37. The summed E-state index contributed by atoms with van der Waals surface area (Å²) in [4.78, 5) is 17.1. The summed E-state index contributed by atoms with van der Waals surface area (Å²) in [5.41, 5.74) is 2.41. The normalized spacial score (nSPS) is 10.5. The Bertz CT molecular complexity index is 834. The molecule has 1 heterocycles. The Labute approximate surface area is 151 Å². The lowest BCUT2D eigenvalue weighted by molar-refractivity contribution is 0.102. The lowest BCUT2D eigenvalue weighted by Gasteiger charge is -2.05. The first-order chi connectivity index (χ1) is 11.2. The van der Waals surface area contributed by atoms with Gasteiger partial charge in [-0.15, -0.1) is 0 Å². The molecule has 2 aromatic carbocycles. The van der Waals surface area contributed by atoms with E-state index in [0.29, 0.717) is 5.56 Å². The summed E-state index contributed by atoms with van der Waals surface area (Å²) in [5.74, 6) is -0.139. The quantitative estimate of drug-likeness (QED) is 0.579. The number of nitrogens with zero attached hydrogens (tertiary/aromatic N) is 1. The average molecular weight is 405 g/mol. The summed E-state index contributed by atoms with van der Waals surface area (Å²) in [6.07, 6.45) is 1.98. The number of anilines is 1. The van der Waals surface area contributed by atoms with E-state index < -0.39 is 0 Å². The number of rotatable bonds is 4. The molecule has 0 saturated heterocycles. The van der Waals surface area contributed by atoms with Gasteiger partial charge in [0.2, 0.25) is 0 Å². The van der Waals surface area contributed by atoms with Gasteiger partial charge in [0.25, 0.3) is 5.91 Å². The zero-order valence-electron chi connectivity index (χ0n) is 12.2. The topological polar surface area (TPSA) is 42.0 Å². The van der Waals surface area contributed by atoms with Crippen LogP contribution in [0.3, 0.4) is 0 Å². The fourth-order valence-electron chi connectivity index (χ4n) is 2.07. The number of hydrogen-bond donors (Lipinski definition) is 1. The molecule has 23 heavy (non-hydrogen) atoms. The molecule has 0 aliphatic carbocycles. The van der Waals surface area contributed by atoms with E-state index in [1.807, 2.05) is 48.7 Å². The first kappa shape index (κ1) is 16.2. The largest absolute Gasteiger partial charge is 0.312 e. The number of amides is 1. The minimum atomic E-state index is -0.139. The highest BCUT2D eigenvalue weighted by atomic mass is 79.9. The number of halogens is 1. The van der Waals surface area contributed by atoms with Crippen LogP contribution in [0, 0.1) is 0 Å². The molecule has 0 radical (unpaired) electrons. The third-order valence-corrected chi connectivity index (χ3v) is 5.59. The molecule has 0 fully saturated rings. The zero-order valence-corrected chi connectivity index (χ0v) is 15.5. The Morgan fingerprint density at radius 1 is 1.17 bits per heavy atom. The monoisotopic (exact) mass is 404 g/mol. The molecule has 6 heteroatoms. The van der Waals surface area contributed by atoms with Gasteiger partial charge in [0.05, 0.1) is 0 Å². The number of benzene rings is 2. The standard InChI is InChI=1S/C17H13BrN2OS2/c1-22-17-19-14(11-6-3-2-4-7-11)16(23-17)20-15(21)12-8-5-9-13(18)10-12/h2-10H,1H3,(H,20,21). The van der Waals surface area contributed by atoms with Crippen LogP contribution >= 0.6 is 39.0 Å². The van der Waals surface area contributed by atoms with Gasteiger partial charge in [-0.3, -0.25) is 4.79 Å². The third-order valence-electron chi connectivity index (χ3n) is 3.14. The lowest BCUT2D eigenvalue weighted by Crippen LogP contribution is -2.11. The summed E-state index contributed by atoms with van der Waals surface area (Å²) < 4.78 is 1.80. The predicted molar refractivity (Wildman–Crippen MR) is 101 cm³/mol. The van der Waals surface area contributed by atoms with E-state index in [-0.39, 0.29) is 5.91 Å². The number of hydrogen-bond acceptors (Lipinski definition) is 4. The highest BCUT2D eigenvalue weighted by molar-refractivity contribution is 9.10. The van der Waals surface area contributed by atoms with Crippen LogP contribution in [-0.2, 0) is 0 Å². The highest BCUT2D eigenvalue weighted by Gasteiger charge is 2.16. The van der Waals surface area contributed by atoms with Crippen LogP contribution in [0.25, 0.3) is 11.3 Å². The fraction of sp³-hybridized carbons (Fsp3) is 0.0588. The first-order valence-corrected chi connectivity index (χ1v) is 9.68. The zero-order chi connectivity index (χ0) is 16.2. The summed E-state index contributed by atoms with van der Waals surface area (Å²) in [5, 5.41) is 3.76. The molecule has 0 spiro atoms. The van der Waals surface area contributed by atoms with Crippen LogP contribution in [0.4, 0.5) is 5.00 Å². The number of nitrogens with one attached hydrogen (secondary N) is 1. The lowest BCUT2D eigenvalue weighted by atomic mass is 10.1. The van der Waals surface area contributed by atoms with Crippen molar-refractivity contribution in [2.24, 2.45) is 0 Å². The molecule has 116 valence electrons.